The monoisotopic (exact) mass is 217 g/mol. The molecule has 1 N–H and O–H groups in total. The van der Waals surface area contributed by atoms with Gasteiger partial charge in [0.25, 0.3) is 0 Å². The fourth-order valence-corrected chi connectivity index (χ4v) is 2.43. The molecule has 0 bridgehead atoms. The Kier molecular flexibility index (Phi) is 3.60. The Morgan fingerprint density at radius 1 is 1.25 bits per heavy atom. The molecule has 0 radical (unpaired) electrons. The van der Waals surface area contributed by atoms with E-state index in [0.717, 1.165) is 24.1 Å². The van der Waals surface area contributed by atoms with Gasteiger partial charge in [0.2, 0.25) is 0 Å². The Labute approximate surface area is 97.1 Å². The van der Waals surface area contributed by atoms with Crippen LogP contribution in [0.4, 0.5) is 5.69 Å². The second-order valence-corrected chi connectivity index (χ2v) is 4.53. The van der Waals surface area contributed by atoms with E-state index in [2.05, 4.69) is 5.32 Å². The SMILES string of the molecule is CNc1cccc(C(=O)C2CCCCC2)c1. The lowest BCUT2D eigenvalue weighted by molar-refractivity contribution is 0.0889. The van der Waals surface area contributed by atoms with E-state index in [1.54, 1.807) is 0 Å². The zero-order chi connectivity index (χ0) is 11.4. The molecule has 0 heterocycles. The van der Waals surface area contributed by atoms with Gasteiger partial charge in [-0.15, -0.1) is 0 Å². The highest BCUT2D eigenvalue weighted by Crippen LogP contribution is 2.27. The fourth-order valence-electron chi connectivity index (χ4n) is 2.43. The summed E-state index contributed by atoms with van der Waals surface area (Å²) < 4.78 is 0. The Balaban J connectivity index is 2.12. The predicted octanol–water partition coefficient (Wildman–Crippen LogP) is 3.49. The van der Waals surface area contributed by atoms with Crippen molar-refractivity contribution in [1.29, 1.82) is 0 Å². The van der Waals surface area contributed by atoms with E-state index < -0.39 is 0 Å². The summed E-state index contributed by atoms with van der Waals surface area (Å²) in [6, 6.07) is 7.81. The van der Waals surface area contributed by atoms with Gasteiger partial charge in [0.05, 0.1) is 0 Å². The third-order valence-electron chi connectivity index (χ3n) is 3.41. The molecule has 1 aromatic rings. The molecule has 1 saturated carbocycles. The van der Waals surface area contributed by atoms with Crippen molar-refractivity contribution in [3.63, 3.8) is 0 Å². The standard InChI is InChI=1S/C14H19NO/c1-15-13-9-5-8-12(10-13)14(16)11-6-3-2-4-7-11/h5,8-11,15H,2-4,6-7H2,1H3. The molecule has 0 aromatic heterocycles. The van der Waals surface area contributed by atoms with Gasteiger partial charge in [-0.2, -0.15) is 0 Å². The van der Waals surface area contributed by atoms with Gasteiger partial charge in [-0.1, -0.05) is 31.4 Å². The summed E-state index contributed by atoms with van der Waals surface area (Å²) in [5.74, 6) is 0.595. The summed E-state index contributed by atoms with van der Waals surface area (Å²) >= 11 is 0. The Morgan fingerprint density at radius 3 is 2.69 bits per heavy atom. The first-order chi connectivity index (χ1) is 7.81. The molecule has 1 aromatic carbocycles. The minimum atomic E-state index is 0.265. The van der Waals surface area contributed by atoms with Crippen molar-refractivity contribution in [3.8, 4) is 0 Å². The smallest absolute Gasteiger partial charge is 0.166 e. The zero-order valence-electron chi connectivity index (χ0n) is 9.83. The van der Waals surface area contributed by atoms with Crippen LogP contribution in [0.15, 0.2) is 24.3 Å². The van der Waals surface area contributed by atoms with Crippen LogP contribution < -0.4 is 5.32 Å². The van der Waals surface area contributed by atoms with Gasteiger partial charge in [0, 0.05) is 24.2 Å². The number of hydrogen-bond acceptors (Lipinski definition) is 2. The molecule has 0 atom stereocenters. The number of ketones is 1. The molecular weight excluding hydrogens is 198 g/mol. The molecular formula is C14H19NO. The van der Waals surface area contributed by atoms with Crippen molar-refractivity contribution >= 4 is 11.5 Å². The van der Waals surface area contributed by atoms with Gasteiger partial charge in [-0.05, 0) is 25.0 Å². The van der Waals surface area contributed by atoms with Crippen molar-refractivity contribution in [2.45, 2.75) is 32.1 Å². The summed E-state index contributed by atoms with van der Waals surface area (Å²) in [6.45, 7) is 0. The second-order valence-electron chi connectivity index (χ2n) is 4.53. The normalized spacial score (nSPS) is 17.1. The molecule has 1 aliphatic rings. The molecule has 0 unspecified atom stereocenters. The molecule has 2 nitrogen and oxygen atoms in total. The van der Waals surface area contributed by atoms with Crippen molar-refractivity contribution in [2.24, 2.45) is 5.92 Å². The van der Waals surface area contributed by atoms with Crippen molar-refractivity contribution in [2.75, 3.05) is 12.4 Å². The van der Waals surface area contributed by atoms with Crippen LogP contribution in [-0.4, -0.2) is 12.8 Å². The Bertz CT molecular complexity index is 367. The summed E-state index contributed by atoms with van der Waals surface area (Å²) in [7, 11) is 1.88. The first-order valence-electron chi connectivity index (χ1n) is 6.13. The lowest BCUT2D eigenvalue weighted by atomic mass is 9.84. The van der Waals surface area contributed by atoms with E-state index in [9.17, 15) is 4.79 Å². The number of hydrogen-bond donors (Lipinski definition) is 1. The van der Waals surface area contributed by atoms with Gasteiger partial charge in [0.15, 0.2) is 5.78 Å². The lowest BCUT2D eigenvalue weighted by Gasteiger charge is -2.20. The molecule has 0 saturated heterocycles. The molecule has 0 amide bonds. The molecule has 2 heteroatoms. The number of carbonyl (C=O) groups excluding carboxylic acids is 1. The first-order valence-corrected chi connectivity index (χ1v) is 6.13. The number of nitrogens with one attached hydrogen (secondary N) is 1. The third kappa shape index (κ3) is 2.43. The van der Waals surface area contributed by atoms with Crippen LogP contribution in [-0.2, 0) is 0 Å². The minimum Gasteiger partial charge on any atom is -0.388 e. The van der Waals surface area contributed by atoms with E-state index in [-0.39, 0.29) is 5.92 Å². The largest absolute Gasteiger partial charge is 0.388 e. The average molecular weight is 217 g/mol. The van der Waals surface area contributed by atoms with Gasteiger partial charge < -0.3 is 5.32 Å². The zero-order valence-corrected chi connectivity index (χ0v) is 9.83. The van der Waals surface area contributed by atoms with Crippen LogP contribution in [0.25, 0.3) is 0 Å². The second kappa shape index (κ2) is 5.15. The van der Waals surface area contributed by atoms with E-state index in [1.807, 2.05) is 31.3 Å². The number of carbonyl (C=O) groups is 1. The summed E-state index contributed by atoms with van der Waals surface area (Å²) in [5, 5.41) is 3.07. The minimum absolute atomic E-state index is 0.265. The summed E-state index contributed by atoms with van der Waals surface area (Å²) in [6.07, 6.45) is 5.86. The molecule has 16 heavy (non-hydrogen) atoms. The maximum atomic E-state index is 12.2. The van der Waals surface area contributed by atoms with Crippen molar-refractivity contribution in [3.05, 3.63) is 29.8 Å². The Morgan fingerprint density at radius 2 is 2.00 bits per heavy atom. The van der Waals surface area contributed by atoms with Crippen molar-refractivity contribution < 1.29 is 4.79 Å². The Hall–Kier alpha value is -1.31. The van der Waals surface area contributed by atoms with Crippen LogP contribution in [0.1, 0.15) is 42.5 Å². The first kappa shape index (κ1) is 11.2. The predicted molar refractivity (Wildman–Crippen MR) is 66.9 cm³/mol. The van der Waals surface area contributed by atoms with E-state index in [1.165, 1.54) is 19.3 Å². The quantitative estimate of drug-likeness (QED) is 0.785. The maximum Gasteiger partial charge on any atom is 0.166 e. The number of benzene rings is 1. The molecule has 1 fully saturated rings. The van der Waals surface area contributed by atoms with Crippen LogP contribution >= 0.6 is 0 Å². The highest BCUT2D eigenvalue weighted by Gasteiger charge is 2.22. The summed E-state index contributed by atoms with van der Waals surface area (Å²) in [4.78, 5) is 12.2. The third-order valence-corrected chi connectivity index (χ3v) is 3.41. The van der Waals surface area contributed by atoms with Gasteiger partial charge in [-0.25, -0.2) is 0 Å². The van der Waals surface area contributed by atoms with E-state index in [4.69, 9.17) is 0 Å². The maximum absolute atomic E-state index is 12.2. The lowest BCUT2D eigenvalue weighted by Crippen LogP contribution is -2.17. The number of rotatable bonds is 3. The molecule has 0 spiro atoms. The molecule has 86 valence electrons. The van der Waals surface area contributed by atoms with Gasteiger partial charge >= 0.3 is 0 Å². The van der Waals surface area contributed by atoms with E-state index in [0.29, 0.717) is 5.78 Å². The van der Waals surface area contributed by atoms with Gasteiger partial charge in [-0.3, -0.25) is 4.79 Å². The molecule has 1 aliphatic carbocycles. The van der Waals surface area contributed by atoms with Crippen LogP contribution in [0.3, 0.4) is 0 Å². The molecule has 2 rings (SSSR count). The van der Waals surface area contributed by atoms with Crippen molar-refractivity contribution in [1.82, 2.24) is 0 Å². The number of anilines is 1. The average Bonchev–Trinajstić information content (AvgIpc) is 2.39. The fraction of sp³-hybridized carbons (Fsp3) is 0.500. The number of Topliss-reactive ketones (excluding diaryl/α,β-unsaturated/α-hetero) is 1. The van der Waals surface area contributed by atoms with Crippen LogP contribution in [0.5, 0.6) is 0 Å². The highest BCUT2D eigenvalue weighted by atomic mass is 16.1. The van der Waals surface area contributed by atoms with Crippen LogP contribution in [0.2, 0.25) is 0 Å². The highest BCUT2D eigenvalue weighted by molar-refractivity contribution is 5.98. The van der Waals surface area contributed by atoms with E-state index >= 15 is 0 Å². The molecule has 0 aliphatic heterocycles. The van der Waals surface area contributed by atoms with Gasteiger partial charge in [0.1, 0.15) is 0 Å². The van der Waals surface area contributed by atoms with Crippen LogP contribution in [0, 0.1) is 5.92 Å². The summed E-state index contributed by atoms with van der Waals surface area (Å²) in [5.41, 5.74) is 1.88. The topological polar surface area (TPSA) is 29.1 Å².